The van der Waals surface area contributed by atoms with Crippen LogP contribution in [-0.4, -0.2) is 19.6 Å². The van der Waals surface area contributed by atoms with Gasteiger partial charge in [-0.05, 0) is 43.3 Å². The standard InChI is InChI=1S/C14H14FNO2/c1-11(3-4-12(9-17)10-18)16(2)14-7-5-13(15)6-8-14/h3-10H,1-2H3/b11-3-. The summed E-state index contributed by atoms with van der Waals surface area (Å²) >= 11 is 0. The van der Waals surface area contributed by atoms with Crippen LogP contribution in [0.1, 0.15) is 6.92 Å². The Kier molecular flexibility index (Phi) is 4.99. The summed E-state index contributed by atoms with van der Waals surface area (Å²) in [6.45, 7) is 1.83. The minimum absolute atomic E-state index is 0.0712. The smallest absolute Gasteiger partial charge is 0.153 e. The van der Waals surface area contributed by atoms with Crippen LogP contribution in [0, 0.1) is 5.82 Å². The van der Waals surface area contributed by atoms with Gasteiger partial charge >= 0.3 is 0 Å². The van der Waals surface area contributed by atoms with Crippen LogP contribution in [0.25, 0.3) is 0 Å². The first-order valence-corrected chi connectivity index (χ1v) is 5.36. The lowest BCUT2D eigenvalue weighted by molar-refractivity contribution is -0.109. The number of carbonyl (C=O) groups excluding carboxylic acids is 2. The van der Waals surface area contributed by atoms with Gasteiger partial charge in [0.25, 0.3) is 0 Å². The van der Waals surface area contributed by atoms with E-state index >= 15 is 0 Å². The summed E-state index contributed by atoms with van der Waals surface area (Å²) in [4.78, 5) is 22.7. The number of allylic oxidation sites excluding steroid dienone is 4. The maximum Gasteiger partial charge on any atom is 0.153 e. The molecule has 0 saturated carbocycles. The molecule has 1 aromatic rings. The molecular formula is C14H14FNO2. The number of nitrogens with zero attached hydrogens (tertiary/aromatic N) is 1. The summed E-state index contributed by atoms with van der Waals surface area (Å²) in [5.41, 5.74) is 1.71. The SMILES string of the molecule is C/C(=C/C=C(C=O)C=O)N(C)c1ccc(F)cc1. The molecule has 0 bridgehead atoms. The van der Waals surface area contributed by atoms with Crippen LogP contribution >= 0.6 is 0 Å². The van der Waals surface area contributed by atoms with Crippen molar-refractivity contribution in [3.05, 3.63) is 53.5 Å². The summed E-state index contributed by atoms with van der Waals surface area (Å²) in [6.07, 6.45) is 4.08. The van der Waals surface area contributed by atoms with E-state index in [1.165, 1.54) is 18.2 Å². The number of rotatable bonds is 5. The Balaban J connectivity index is 2.89. The minimum atomic E-state index is -0.294. The highest BCUT2D eigenvalue weighted by molar-refractivity contribution is 5.99. The fourth-order valence-corrected chi connectivity index (χ4v) is 1.30. The van der Waals surface area contributed by atoms with Crippen molar-refractivity contribution in [2.24, 2.45) is 0 Å². The highest BCUT2D eigenvalue weighted by atomic mass is 19.1. The number of aldehydes is 2. The third kappa shape index (κ3) is 3.66. The van der Waals surface area contributed by atoms with Crippen LogP contribution in [0.5, 0.6) is 0 Å². The number of halogens is 1. The molecule has 0 spiro atoms. The van der Waals surface area contributed by atoms with E-state index < -0.39 is 0 Å². The molecular weight excluding hydrogens is 233 g/mol. The molecule has 0 aliphatic carbocycles. The quantitative estimate of drug-likeness (QED) is 0.264. The average molecular weight is 247 g/mol. The molecule has 0 unspecified atom stereocenters. The highest BCUT2D eigenvalue weighted by Gasteiger charge is 2.02. The lowest BCUT2D eigenvalue weighted by Crippen LogP contribution is -2.13. The predicted molar refractivity (Wildman–Crippen MR) is 68.8 cm³/mol. The van der Waals surface area contributed by atoms with Gasteiger partial charge in [-0.15, -0.1) is 0 Å². The zero-order valence-corrected chi connectivity index (χ0v) is 10.3. The van der Waals surface area contributed by atoms with Crippen LogP contribution in [0.2, 0.25) is 0 Å². The molecule has 0 aromatic heterocycles. The van der Waals surface area contributed by atoms with Crippen molar-refractivity contribution >= 4 is 18.3 Å². The Labute approximate surface area is 105 Å². The molecule has 94 valence electrons. The van der Waals surface area contributed by atoms with E-state index in [-0.39, 0.29) is 11.4 Å². The van der Waals surface area contributed by atoms with Crippen molar-refractivity contribution in [2.75, 3.05) is 11.9 Å². The van der Waals surface area contributed by atoms with Crippen LogP contribution in [0.3, 0.4) is 0 Å². The molecule has 0 heterocycles. The Morgan fingerprint density at radius 3 is 2.17 bits per heavy atom. The molecule has 0 N–H and O–H groups in total. The van der Waals surface area contributed by atoms with Crippen LogP contribution in [-0.2, 0) is 9.59 Å². The molecule has 1 aromatic carbocycles. The van der Waals surface area contributed by atoms with Gasteiger partial charge in [-0.25, -0.2) is 4.39 Å². The van der Waals surface area contributed by atoms with Gasteiger partial charge in [-0.3, -0.25) is 9.59 Å². The van der Waals surface area contributed by atoms with Gasteiger partial charge in [0.2, 0.25) is 0 Å². The Hall–Kier alpha value is -2.23. The van der Waals surface area contributed by atoms with Crippen molar-refractivity contribution in [3.8, 4) is 0 Å². The van der Waals surface area contributed by atoms with Gasteiger partial charge in [0.15, 0.2) is 12.6 Å². The summed E-state index contributed by atoms with van der Waals surface area (Å²) in [5.74, 6) is -0.294. The first-order valence-electron chi connectivity index (χ1n) is 5.36. The predicted octanol–water partition coefficient (Wildman–Crippen LogP) is 2.49. The largest absolute Gasteiger partial charge is 0.348 e. The van der Waals surface area contributed by atoms with Gasteiger partial charge in [-0.2, -0.15) is 0 Å². The average Bonchev–Trinajstić information content (AvgIpc) is 2.39. The molecule has 0 amide bonds. The Morgan fingerprint density at radius 2 is 1.67 bits per heavy atom. The second-order valence-corrected chi connectivity index (χ2v) is 3.75. The normalized spacial score (nSPS) is 10.7. The van der Waals surface area contributed by atoms with Crippen LogP contribution in [0.15, 0.2) is 47.7 Å². The second-order valence-electron chi connectivity index (χ2n) is 3.75. The van der Waals surface area contributed by atoms with Crippen molar-refractivity contribution in [3.63, 3.8) is 0 Å². The molecule has 0 aliphatic heterocycles. The topological polar surface area (TPSA) is 37.4 Å². The summed E-state index contributed by atoms with van der Waals surface area (Å²) in [6, 6.07) is 6.04. The third-order valence-corrected chi connectivity index (χ3v) is 2.53. The number of benzene rings is 1. The molecule has 4 heteroatoms. The summed E-state index contributed by atoms with van der Waals surface area (Å²) in [7, 11) is 1.81. The molecule has 0 fully saturated rings. The van der Waals surface area contributed by atoms with E-state index in [9.17, 15) is 14.0 Å². The molecule has 18 heavy (non-hydrogen) atoms. The Bertz CT molecular complexity index is 479. The van der Waals surface area contributed by atoms with E-state index in [1.54, 1.807) is 18.2 Å². The van der Waals surface area contributed by atoms with Crippen molar-refractivity contribution in [2.45, 2.75) is 6.92 Å². The molecule has 0 saturated heterocycles. The van der Waals surface area contributed by atoms with Crippen LogP contribution < -0.4 is 4.90 Å². The van der Waals surface area contributed by atoms with E-state index in [2.05, 4.69) is 0 Å². The monoisotopic (exact) mass is 247 g/mol. The van der Waals surface area contributed by atoms with Gasteiger partial charge in [0.05, 0.1) is 5.57 Å². The number of carbonyl (C=O) groups is 2. The second kappa shape index (κ2) is 6.49. The third-order valence-electron chi connectivity index (χ3n) is 2.53. The van der Waals surface area contributed by atoms with Crippen molar-refractivity contribution < 1.29 is 14.0 Å². The zero-order valence-electron chi connectivity index (χ0n) is 10.3. The fourth-order valence-electron chi connectivity index (χ4n) is 1.30. The maximum absolute atomic E-state index is 12.8. The minimum Gasteiger partial charge on any atom is -0.348 e. The van der Waals surface area contributed by atoms with Gasteiger partial charge in [-0.1, -0.05) is 0 Å². The van der Waals surface area contributed by atoms with E-state index in [0.29, 0.717) is 12.6 Å². The number of hydrogen-bond acceptors (Lipinski definition) is 3. The highest BCUT2D eigenvalue weighted by Crippen LogP contribution is 2.17. The van der Waals surface area contributed by atoms with E-state index in [0.717, 1.165) is 11.4 Å². The molecule has 0 aliphatic rings. The summed E-state index contributed by atoms with van der Waals surface area (Å²) < 4.78 is 12.8. The van der Waals surface area contributed by atoms with E-state index in [1.807, 2.05) is 18.9 Å². The number of hydrogen-bond donors (Lipinski definition) is 0. The lowest BCUT2D eigenvalue weighted by Gasteiger charge is -2.19. The molecule has 0 radical (unpaired) electrons. The lowest BCUT2D eigenvalue weighted by atomic mass is 10.2. The van der Waals surface area contributed by atoms with Gasteiger partial charge < -0.3 is 4.90 Å². The number of anilines is 1. The van der Waals surface area contributed by atoms with Gasteiger partial charge in [0, 0.05) is 18.4 Å². The first-order chi connectivity index (χ1) is 8.58. The van der Waals surface area contributed by atoms with Crippen molar-refractivity contribution in [1.82, 2.24) is 0 Å². The Morgan fingerprint density at radius 1 is 1.11 bits per heavy atom. The first kappa shape index (κ1) is 13.8. The molecule has 3 nitrogen and oxygen atoms in total. The van der Waals surface area contributed by atoms with E-state index in [4.69, 9.17) is 0 Å². The van der Waals surface area contributed by atoms with Crippen LogP contribution in [0.4, 0.5) is 10.1 Å². The fraction of sp³-hybridized carbons (Fsp3) is 0.143. The molecule has 1 rings (SSSR count). The van der Waals surface area contributed by atoms with Gasteiger partial charge in [0.1, 0.15) is 5.82 Å². The van der Waals surface area contributed by atoms with Crippen molar-refractivity contribution in [1.29, 1.82) is 0 Å². The maximum atomic E-state index is 12.8. The summed E-state index contributed by atoms with van der Waals surface area (Å²) in [5, 5.41) is 0. The molecule has 0 atom stereocenters. The zero-order chi connectivity index (χ0) is 13.5.